The zero-order valence-corrected chi connectivity index (χ0v) is 10.0. The molecule has 0 atom stereocenters. The quantitative estimate of drug-likeness (QED) is 0.682. The molecule has 0 unspecified atom stereocenters. The van der Waals surface area contributed by atoms with Gasteiger partial charge in [0.1, 0.15) is 0 Å². The minimum absolute atomic E-state index is 0.229. The molecule has 0 aliphatic carbocycles. The molecule has 0 spiro atoms. The molecule has 0 bridgehead atoms. The van der Waals surface area contributed by atoms with E-state index in [1.165, 1.54) is 10.6 Å². The lowest BCUT2D eigenvalue weighted by atomic mass is 10.3. The molecule has 1 aromatic heterocycles. The van der Waals surface area contributed by atoms with Gasteiger partial charge in [0, 0.05) is 38.6 Å². The summed E-state index contributed by atoms with van der Waals surface area (Å²) in [7, 11) is 1.63. The Labute approximate surface area is 94.3 Å². The summed E-state index contributed by atoms with van der Waals surface area (Å²) >= 11 is 0. The highest BCUT2D eigenvalue weighted by Crippen LogP contribution is 1.93. The van der Waals surface area contributed by atoms with Gasteiger partial charge in [-0.25, -0.2) is 4.79 Å². The van der Waals surface area contributed by atoms with Crippen molar-refractivity contribution >= 4 is 0 Å². The van der Waals surface area contributed by atoms with Crippen LogP contribution in [0.2, 0.25) is 0 Å². The van der Waals surface area contributed by atoms with Crippen molar-refractivity contribution in [2.75, 3.05) is 13.7 Å². The summed E-state index contributed by atoms with van der Waals surface area (Å²) < 4.78 is 7.79. The second-order valence-corrected chi connectivity index (χ2v) is 3.65. The van der Waals surface area contributed by atoms with Gasteiger partial charge in [-0.2, -0.15) is 0 Å². The van der Waals surface area contributed by atoms with Crippen molar-refractivity contribution in [3.05, 3.63) is 32.6 Å². The fourth-order valence-electron chi connectivity index (χ4n) is 1.66. The lowest BCUT2D eigenvalue weighted by Crippen LogP contribution is -2.40. The van der Waals surface area contributed by atoms with Crippen molar-refractivity contribution in [2.45, 2.75) is 33.4 Å². The minimum Gasteiger partial charge on any atom is -0.385 e. The van der Waals surface area contributed by atoms with Gasteiger partial charge in [0.05, 0.1) is 0 Å². The summed E-state index contributed by atoms with van der Waals surface area (Å²) in [6, 6.07) is 1.50. The predicted octanol–water partition coefficient (Wildman–Crippen LogP) is 0.375. The van der Waals surface area contributed by atoms with Crippen LogP contribution in [0.4, 0.5) is 0 Å². The SMILES string of the molecule is CCn1c(=O)cc(C)n(CCCOC)c1=O. The molecule has 1 heterocycles. The highest BCUT2D eigenvalue weighted by atomic mass is 16.5. The van der Waals surface area contributed by atoms with Crippen molar-refractivity contribution in [2.24, 2.45) is 0 Å². The first kappa shape index (κ1) is 12.7. The molecule has 5 heteroatoms. The van der Waals surface area contributed by atoms with Gasteiger partial charge in [0.2, 0.25) is 0 Å². The van der Waals surface area contributed by atoms with E-state index in [1.54, 1.807) is 25.5 Å². The van der Waals surface area contributed by atoms with Crippen molar-refractivity contribution in [3.8, 4) is 0 Å². The average molecular weight is 226 g/mol. The summed E-state index contributed by atoms with van der Waals surface area (Å²) in [5.41, 5.74) is 0.243. The van der Waals surface area contributed by atoms with Crippen molar-refractivity contribution in [3.63, 3.8) is 0 Å². The number of nitrogens with zero attached hydrogens (tertiary/aromatic N) is 2. The topological polar surface area (TPSA) is 53.2 Å². The second-order valence-electron chi connectivity index (χ2n) is 3.65. The zero-order chi connectivity index (χ0) is 12.1. The molecule has 0 fully saturated rings. The summed E-state index contributed by atoms with van der Waals surface area (Å²) in [4.78, 5) is 23.4. The molecule has 0 amide bonds. The highest BCUT2D eigenvalue weighted by Gasteiger charge is 2.06. The van der Waals surface area contributed by atoms with Crippen LogP contribution in [-0.4, -0.2) is 22.9 Å². The minimum atomic E-state index is -0.233. The number of hydrogen-bond acceptors (Lipinski definition) is 3. The number of ether oxygens (including phenoxy) is 1. The molecule has 0 radical (unpaired) electrons. The van der Waals surface area contributed by atoms with Crippen LogP contribution in [0, 0.1) is 6.92 Å². The Morgan fingerprint density at radius 2 is 2.00 bits per heavy atom. The van der Waals surface area contributed by atoms with Crippen LogP contribution in [0.3, 0.4) is 0 Å². The van der Waals surface area contributed by atoms with E-state index in [1.807, 2.05) is 0 Å². The van der Waals surface area contributed by atoms with Crippen molar-refractivity contribution < 1.29 is 4.74 Å². The zero-order valence-electron chi connectivity index (χ0n) is 10.0. The molecule has 16 heavy (non-hydrogen) atoms. The lowest BCUT2D eigenvalue weighted by Gasteiger charge is -2.11. The first-order valence-electron chi connectivity index (χ1n) is 5.42. The van der Waals surface area contributed by atoms with Crippen LogP contribution in [0.1, 0.15) is 19.0 Å². The maximum absolute atomic E-state index is 11.9. The predicted molar refractivity (Wildman–Crippen MR) is 61.9 cm³/mol. The summed E-state index contributed by atoms with van der Waals surface area (Å²) in [6.45, 7) is 5.16. The second kappa shape index (κ2) is 5.65. The Kier molecular flexibility index (Phi) is 4.49. The molecule has 0 aliphatic rings. The van der Waals surface area contributed by atoms with Crippen LogP contribution in [0.5, 0.6) is 0 Å². The molecule has 1 aromatic rings. The van der Waals surface area contributed by atoms with E-state index >= 15 is 0 Å². The largest absolute Gasteiger partial charge is 0.385 e. The molecule has 1 rings (SSSR count). The first-order valence-corrected chi connectivity index (χ1v) is 5.42. The van der Waals surface area contributed by atoms with E-state index < -0.39 is 0 Å². The monoisotopic (exact) mass is 226 g/mol. The van der Waals surface area contributed by atoms with E-state index in [-0.39, 0.29) is 11.2 Å². The normalized spacial score (nSPS) is 10.7. The van der Waals surface area contributed by atoms with Gasteiger partial charge in [0.25, 0.3) is 5.56 Å². The number of rotatable bonds is 5. The standard InChI is InChI=1S/C11H18N2O3/c1-4-12-10(14)8-9(2)13(11(12)15)6-5-7-16-3/h8H,4-7H2,1-3H3. The molecular formula is C11H18N2O3. The van der Waals surface area contributed by atoms with Gasteiger partial charge in [-0.05, 0) is 20.3 Å². The van der Waals surface area contributed by atoms with Gasteiger partial charge in [-0.3, -0.25) is 13.9 Å². The van der Waals surface area contributed by atoms with E-state index in [0.717, 1.165) is 6.42 Å². The fraction of sp³-hybridized carbons (Fsp3) is 0.636. The van der Waals surface area contributed by atoms with Crippen LogP contribution in [0.15, 0.2) is 15.7 Å². The van der Waals surface area contributed by atoms with E-state index in [0.29, 0.717) is 25.4 Å². The van der Waals surface area contributed by atoms with Crippen LogP contribution >= 0.6 is 0 Å². The summed E-state index contributed by atoms with van der Waals surface area (Å²) in [6.07, 6.45) is 0.763. The van der Waals surface area contributed by atoms with Gasteiger partial charge in [-0.15, -0.1) is 0 Å². The highest BCUT2D eigenvalue weighted by molar-refractivity contribution is 4.99. The van der Waals surface area contributed by atoms with Crippen LogP contribution in [0.25, 0.3) is 0 Å². The number of hydrogen-bond donors (Lipinski definition) is 0. The average Bonchev–Trinajstić information content (AvgIpc) is 2.23. The maximum atomic E-state index is 11.9. The number of aromatic nitrogens is 2. The Balaban J connectivity index is 3.09. The Hall–Kier alpha value is -1.36. The maximum Gasteiger partial charge on any atom is 0.331 e. The summed E-state index contributed by atoms with van der Waals surface area (Å²) in [5, 5.41) is 0. The summed E-state index contributed by atoms with van der Waals surface area (Å²) in [5.74, 6) is 0. The van der Waals surface area contributed by atoms with E-state index in [9.17, 15) is 9.59 Å². The number of methoxy groups -OCH3 is 1. The van der Waals surface area contributed by atoms with Crippen molar-refractivity contribution in [1.82, 2.24) is 9.13 Å². The third-order valence-electron chi connectivity index (χ3n) is 2.53. The Bertz CT molecular complexity index is 459. The molecule has 0 saturated heterocycles. The molecular weight excluding hydrogens is 208 g/mol. The van der Waals surface area contributed by atoms with Crippen LogP contribution < -0.4 is 11.2 Å². The van der Waals surface area contributed by atoms with Gasteiger partial charge >= 0.3 is 5.69 Å². The molecule has 0 saturated carbocycles. The lowest BCUT2D eigenvalue weighted by molar-refractivity contribution is 0.189. The third-order valence-corrected chi connectivity index (χ3v) is 2.53. The Morgan fingerprint density at radius 3 is 2.56 bits per heavy atom. The Morgan fingerprint density at radius 1 is 1.31 bits per heavy atom. The molecule has 0 aromatic carbocycles. The van der Waals surface area contributed by atoms with Crippen LogP contribution in [-0.2, 0) is 17.8 Å². The molecule has 0 aliphatic heterocycles. The molecule has 90 valence electrons. The van der Waals surface area contributed by atoms with Crippen molar-refractivity contribution in [1.29, 1.82) is 0 Å². The molecule has 0 N–H and O–H groups in total. The van der Waals surface area contributed by atoms with E-state index in [2.05, 4.69) is 0 Å². The smallest absolute Gasteiger partial charge is 0.331 e. The van der Waals surface area contributed by atoms with Gasteiger partial charge in [0.15, 0.2) is 0 Å². The van der Waals surface area contributed by atoms with E-state index in [4.69, 9.17) is 4.74 Å². The van der Waals surface area contributed by atoms with Gasteiger partial charge < -0.3 is 4.74 Å². The van der Waals surface area contributed by atoms with Gasteiger partial charge in [-0.1, -0.05) is 0 Å². The fourth-order valence-corrected chi connectivity index (χ4v) is 1.66. The number of aryl methyl sites for hydroxylation is 1. The molecule has 5 nitrogen and oxygen atoms in total. The first-order chi connectivity index (χ1) is 7.61. The third kappa shape index (κ3) is 2.61.